The smallest absolute Gasteiger partial charge is 0.230 e. The monoisotopic (exact) mass is 399 g/mol. The molecule has 0 bridgehead atoms. The Morgan fingerprint density at radius 3 is 2.21 bits per heavy atom. The van der Waals surface area contributed by atoms with E-state index >= 15 is 0 Å². The summed E-state index contributed by atoms with van der Waals surface area (Å²) in [5.41, 5.74) is 7.27. The zero-order valence-corrected chi connectivity index (χ0v) is 19.0. The van der Waals surface area contributed by atoms with Crippen molar-refractivity contribution in [2.24, 2.45) is 0 Å². The fourth-order valence-electron chi connectivity index (χ4n) is 3.59. The van der Waals surface area contributed by atoms with Crippen LogP contribution in [0.1, 0.15) is 66.1 Å². The molecular weight excluding hydrogens is 366 g/mol. The maximum Gasteiger partial charge on any atom is 0.230 e. The Balaban J connectivity index is 1.97. The Bertz CT molecular complexity index is 809. The maximum atomic E-state index is 12.4. The number of rotatable bonds is 8. The van der Waals surface area contributed by atoms with Crippen molar-refractivity contribution in [1.29, 1.82) is 0 Å². The Kier molecular flexibility index (Phi) is 7.99. The molecule has 2 rings (SSSR count). The second-order valence-electron chi connectivity index (χ2n) is 7.88. The van der Waals surface area contributed by atoms with Gasteiger partial charge in [-0.2, -0.15) is 0 Å². The van der Waals surface area contributed by atoms with Gasteiger partial charge in [0.15, 0.2) is 0 Å². The summed E-state index contributed by atoms with van der Waals surface area (Å²) >= 11 is 1.66. The lowest BCUT2D eigenvalue weighted by Gasteiger charge is -2.21. The number of carbonyl (C=O) groups excluding carboxylic acids is 1. The minimum absolute atomic E-state index is 0.0299. The van der Waals surface area contributed by atoms with Crippen LogP contribution in [-0.4, -0.2) is 18.8 Å². The van der Waals surface area contributed by atoms with E-state index in [0.29, 0.717) is 11.7 Å². The minimum atomic E-state index is -0.0299. The standard InChI is InChI=1S/C24H33NO2S/c1-15(2)21-12-22(18(5)11-23(21)27-7)19(6)25-24(26)14-28-13-20-9-16(3)8-17(4)10-20/h8-12,15,19H,13-14H2,1-7H3,(H,25,26)/t19-/m1/s1. The van der Waals surface area contributed by atoms with E-state index < -0.39 is 0 Å². The number of ether oxygens (including phenoxy) is 1. The van der Waals surface area contributed by atoms with E-state index in [4.69, 9.17) is 4.74 Å². The van der Waals surface area contributed by atoms with Crippen molar-refractivity contribution < 1.29 is 9.53 Å². The van der Waals surface area contributed by atoms with Crippen LogP contribution in [0.2, 0.25) is 0 Å². The van der Waals surface area contributed by atoms with Gasteiger partial charge in [-0.1, -0.05) is 43.2 Å². The summed E-state index contributed by atoms with van der Waals surface area (Å²) in [6.07, 6.45) is 0. The third-order valence-corrected chi connectivity index (χ3v) is 5.87. The number of thioether (sulfide) groups is 1. The van der Waals surface area contributed by atoms with E-state index in [1.54, 1.807) is 18.9 Å². The predicted molar refractivity (Wildman–Crippen MR) is 120 cm³/mol. The summed E-state index contributed by atoms with van der Waals surface area (Å²) in [4.78, 5) is 12.4. The molecular formula is C24H33NO2S. The van der Waals surface area contributed by atoms with E-state index in [2.05, 4.69) is 70.3 Å². The first-order valence-corrected chi connectivity index (χ1v) is 11.0. The molecule has 2 aromatic rings. The number of hydrogen-bond donors (Lipinski definition) is 1. The Hall–Kier alpha value is -1.94. The van der Waals surface area contributed by atoms with Crippen molar-refractivity contribution in [3.8, 4) is 5.75 Å². The van der Waals surface area contributed by atoms with Gasteiger partial charge in [0.25, 0.3) is 0 Å². The number of methoxy groups -OCH3 is 1. The third-order valence-electron chi connectivity index (χ3n) is 4.87. The van der Waals surface area contributed by atoms with Crippen molar-refractivity contribution in [1.82, 2.24) is 5.32 Å². The van der Waals surface area contributed by atoms with E-state index in [1.807, 2.05) is 6.92 Å². The average molecular weight is 400 g/mol. The van der Waals surface area contributed by atoms with Gasteiger partial charge in [0.05, 0.1) is 18.9 Å². The number of amides is 1. The zero-order valence-electron chi connectivity index (χ0n) is 18.2. The average Bonchev–Trinajstić information content (AvgIpc) is 2.60. The molecule has 0 radical (unpaired) electrons. The molecule has 0 aliphatic heterocycles. The molecule has 1 N–H and O–H groups in total. The molecule has 0 heterocycles. The molecule has 0 aliphatic rings. The van der Waals surface area contributed by atoms with E-state index in [0.717, 1.165) is 22.6 Å². The fraction of sp³-hybridized carbons (Fsp3) is 0.458. The predicted octanol–water partition coefficient (Wildman–Crippen LogP) is 5.85. The van der Waals surface area contributed by atoms with E-state index in [9.17, 15) is 4.79 Å². The molecule has 3 nitrogen and oxygen atoms in total. The number of benzene rings is 2. The summed E-state index contributed by atoms with van der Waals surface area (Å²) < 4.78 is 5.52. The van der Waals surface area contributed by atoms with Gasteiger partial charge in [0, 0.05) is 5.75 Å². The van der Waals surface area contributed by atoms with Crippen molar-refractivity contribution in [2.75, 3.05) is 12.9 Å². The normalized spacial score (nSPS) is 12.1. The van der Waals surface area contributed by atoms with Gasteiger partial charge < -0.3 is 10.1 Å². The van der Waals surface area contributed by atoms with Crippen LogP contribution in [0.25, 0.3) is 0 Å². The molecule has 0 spiro atoms. The lowest BCUT2D eigenvalue weighted by Crippen LogP contribution is -2.28. The molecule has 0 fully saturated rings. The molecule has 2 aromatic carbocycles. The highest BCUT2D eigenvalue weighted by molar-refractivity contribution is 7.99. The largest absolute Gasteiger partial charge is 0.496 e. The number of aryl methyl sites for hydroxylation is 3. The highest BCUT2D eigenvalue weighted by Crippen LogP contribution is 2.32. The Labute approximate surface area is 174 Å². The molecule has 0 aliphatic carbocycles. The van der Waals surface area contributed by atoms with Crippen LogP contribution in [0.3, 0.4) is 0 Å². The van der Waals surface area contributed by atoms with Gasteiger partial charge in [-0.15, -0.1) is 11.8 Å². The van der Waals surface area contributed by atoms with Crippen LogP contribution in [-0.2, 0) is 10.5 Å². The van der Waals surface area contributed by atoms with Crippen molar-refractivity contribution >= 4 is 17.7 Å². The summed E-state index contributed by atoms with van der Waals surface area (Å²) in [7, 11) is 1.71. The molecule has 1 atom stereocenters. The first-order valence-electron chi connectivity index (χ1n) is 9.84. The van der Waals surface area contributed by atoms with Crippen LogP contribution in [0.5, 0.6) is 5.75 Å². The van der Waals surface area contributed by atoms with Crippen LogP contribution >= 0.6 is 11.8 Å². The van der Waals surface area contributed by atoms with Gasteiger partial charge >= 0.3 is 0 Å². The first kappa shape index (κ1) is 22.4. The highest BCUT2D eigenvalue weighted by atomic mass is 32.2. The first-order chi connectivity index (χ1) is 13.2. The van der Waals surface area contributed by atoms with Gasteiger partial charge in [0.2, 0.25) is 5.91 Å². The van der Waals surface area contributed by atoms with Gasteiger partial charge in [0.1, 0.15) is 5.75 Å². The molecule has 4 heteroatoms. The maximum absolute atomic E-state index is 12.4. The topological polar surface area (TPSA) is 38.3 Å². The van der Waals surface area contributed by atoms with Gasteiger partial charge in [-0.05, 0) is 68.0 Å². The lowest BCUT2D eigenvalue weighted by atomic mass is 9.93. The zero-order chi connectivity index (χ0) is 20.8. The van der Waals surface area contributed by atoms with Crippen LogP contribution in [0, 0.1) is 20.8 Å². The van der Waals surface area contributed by atoms with E-state index in [-0.39, 0.29) is 11.9 Å². The second kappa shape index (κ2) is 10.0. The molecule has 0 aromatic heterocycles. The summed E-state index contributed by atoms with van der Waals surface area (Å²) in [5.74, 6) is 2.67. The van der Waals surface area contributed by atoms with Crippen LogP contribution < -0.4 is 10.1 Å². The van der Waals surface area contributed by atoms with E-state index in [1.165, 1.54) is 22.3 Å². The molecule has 1 amide bonds. The Morgan fingerprint density at radius 1 is 1.00 bits per heavy atom. The summed E-state index contributed by atoms with van der Waals surface area (Å²) in [6, 6.07) is 10.8. The van der Waals surface area contributed by atoms with Crippen molar-refractivity contribution in [2.45, 2.75) is 59.3 Å². The lowest BCUT2D eigenvalue weighted by molar-refractivity contribution is -0.119. The number of hydrogen-bond acceptors (Lipinski definition) is 3. The number of nitrogens with one attached hydrogen (secondary N) is 1. The van der Waals surface area contributed by atoms with Gasteiger partial charge in [-0.25, -0.2) is 0 Å². The summed E-state index contributed by atoms with van der Waals surface area (Å²) in [6.45, 7) is 12.6. The number of carbonyl (C=O) groups is 1. The third kappa shape index (κ3) is 6.03. The van der Waals surface area contributed by atoms with Crippen molar-refractivity contribution in [3.05, 3.63) is 63.7 Å². The molecule has 0 saturated heterocycles. The highest BCUT2D eigenvalue weighted by Gasteiger charge is 2.16. The molecule has 28 heavy (non-hydrogen) atoms. The molecule has 152 valence electrons. The molecule has 0 unspecified atom stereocenters. The van der Waals surface area contributed by atoms with Crippen LogP contribution in [0.4, 0.5) is 0 Å². The second-order valence-corrected chi connectivity index (χ2v) is 8.87. The fourth-order valence-corrected chi connectivity index (χ4v) is 4.36. The van der Waals surface area contributed by atoms with Gasteiger partial charge in [-0.3, -0.25) is 4.79 Å². The van der Waals surface area contributed by atoms with Crippen LogP contribution in [0.15, 0.2) is 30.3 Å². The summed E-state index contributed by atoms with van der Waals surface area (Å²) in [5, 5.41) is 3.15. The minimum Gasteiger partial charge on any atom is -0.496 e. The van der Waals surface area contributed by atoms with Crippen molar-refractivity contribution in [3.63, 3.8) is 0 Å². The Morgan fingerprint density at radius 2 is 1.64 bits per heavy atom. The molecule has 0 saturated carbocycles. The quantitative estimate of drug-likeness (QED) is 0.605. The SMILES string of the molecule is COc1cc(C)c([C@@H](C)NC(=O)CSCc2cc(C)cc(C)c2)cc1C(C)C.